The summed E-state index contributed by atoms with van der Waals surface area (Å²) in [7, 11) is 0. The van der Waals surface area contributed by atoms with Crippen molar-refractivity contribution < 1.29 is 24.2 Å². The van der Waals surface area contributed by atoms with Crippen LogP contribution in [0.3, 0.4) is 0 Å². The van der Waals surface area contributed by atoms with Crippen LogP contribution >= 0.6 is 0 Å². The molecule has 0 radical (unpaired) electrons. The van der Waals surface area contributed by atoms with E-state index in [9.17, 15) is 14.7 Å². The number of aliphatic imine (C=N–C) groups is 1. The summed E-state index contributed by atoms with van der Waals surface area (Å²) in [6.07, 6.45) is 1.54. The van der Waals surface area contributed by atoms with E-state index in [4.69, 9.17) is 9.47 Å². The zero-order valence-corrected chi connectivity index (χ0v) is 16.7. The number of carboxylic acids is 1. The molecule has 0 amide bonds. The highest BCUT2D eigenvalue weighted by Gasteiger charge is 2.13. The minimum atomic E-state index is -1.05. The molecule has 0 aromatic heterocycles. The van der Waals surface area contributed by atoms with Crippen molar-refractivity contribution in [1.29, 1.82) is 0 Å². The molecule has 0 aliphatic carbocycles. The van der Waals surface area contributed by atoms with Gasteiger partial charge in [0.2, 0.25) is 0 Å². The van der Waals surface area contributed by atoms with Crippen molar-refractivity contribution in [3.63, 3.8) is 0 Å². The topological polar surface area (TPSA) is 85.2 Å². The minimum absolute atomic E-state index is 0.113. The summed E-state index contributed by atoms with van der Waals surface area (Å²) in [5, 5.41) is 9.26. The van der Waals surface area contributed by atoms with Gasteiger partial charge >= 0.3 is 11.9 Å². The van der Waals surface area contributed by atoms with Gasteiger partial charge in [-0.1, -0.05) is 29.8 Å². The zero-order valence-electron chi connectivity index (χ0n) is 16.7. The first-order chi connectivity index (χ1) is 14.5. The number of nitrogens with zero attached hydrogens (tertiary/aromatic N) is 1. The van der Waals surface area contributed by atoms with E-state index in [0.717, 1.165) is 5.56 Å². The second-order valence-corrected chi connectivity index (χ2v) is 6.48. The predicted octanol–water partition coefficient (Wildman–Crippen LogP) is 5.06. The molecule has 152 valence electrons. The van der Waals surface area contributed by atoms with Crippen molar-refractivity contribution in [3.05, 3.63) is 89.0 Å². The third kappa shape index (κ3) is 5.11. The SMILES string of the molecule is CCOc1cc(C=Nc2ccccc2C(=O)O)ccc1OC(=O)c1ccc(C)cc1. The van der Waals surface area contributed by atoms with Crippen molar-refractivity contribution >= 4 is 23.8 Å². The van der Waals surface area contributed by atoms with E-state index in [1.165, 1.54) is 12.3 Å². The van der Waals surface area contributed by atoms with Gasteiger partial charge in [-0.15, -0.1) is 0 Å². The van der Waals surface area contributed by atoms with Crippen LogP contribution in [0.15, 0.2) is 71.7 Å². The van der Waals surface area contributed by atoms with E-state index < -0.39 is 11.9 Å². The highest BCUT2D eigenvalue weighted by molar-refractivity contribution is 5.95. The number of ether oxygens (including phenoxy) is 2. The van der Waals surface area contributed by atoms with Crippen molar-refractivity contribution in [2.45, 2.75) is 13.8 Å². The summed E-state index contributed by atoms with van der Waals surface area (Å²) in [4.78, 5) is 28.0. The molecule has 3 aromatic carbocycles. The molecule has 0 saturated carbocycles. The average molecular weight is 403 g/mol. The summed E-state index contributed by atoms with van der Waals surface area (Å²) in [6.45, 7) is 4.16. The predicted molar refractivity (Wildman–Crippen MR) is 114 cm³/mol. The Morgan fingerprint density at radius 3 is 2.43 bits per heavy atom. The number of carboxylic acid groups (broad SMARTS) is 1. The van der Waals surface area contributed by atoms with Crippen LogP contribution < -0.4 is 9.47 Å². The first-order valence-electron chi connectivity index (χ1n) is 9.40. The van der Waals surface area contributed by atoms with E-state index in [2.05, 4.69) is 4.99 Å². The van der Waals surface area contributed by atoms with Gasteiger partial charge < -0.3 is 14.6 Å². The lowest BCUT2D eigenvalue weighted by Crippen LogP contribution is -2.09. The van der Waals surface area contributed by atoms with Gasteiger partial charge in [-0.3, -0.25) is 4.99 Å². The average Bonchev–Trinajstić information content (AvgIpc) is 2.74. The number of esters is 1. The molecule has 30 heavy (non-hydrogen) atoms. The molecule has 0 fully saturated rings. The number of hydrogen-bond donors (Lipinski definition) is 1. The second kappa shape index (κ2) is 9.52. The molecule has 0 heterocycles. The maximum atomic E-state index is 12.4. The number of benzene rings is 3. The minimum Gasteiger partial charge on any atom is -0.490 e. The lowest BCUT2D eigenvalue weighted by Gasteiger charge is -2.11. The highest BCUT2D eigenvalue weighted by Crippen LogP contribution is 2.29. The number of aromatic carboxylic acids is 1. The monoisotopic (exact) mass is 403 g/mol. The fourth-order valence-corrected chi connectivity index (χ4v) is 2.72. The van der Waals surface area contributed by atoms with Crippen LogP contribution in [0.4, 0.5) is 5.69 Å². The summed E-state index contributed by atoms with van der Waals surface area (Å²) >= 11 is 0. The Hall–Kier alpha value is -3.93. The molecule has 0 atom stereocenters. The van der Waals surface area contributed by atoms with E-state index in [1.54, 1.807) is 48.5 Å². The maximum Gasteiger partial charge on any atom is 0.343 e. The molecule has 0 aliphatic heterocycles. The molecule has 0 unspecified atom stereocenters. The normalized spacial score (nSPS) is 10.7. The number of aryl methyl sites for hydroxylation is 1. The Morgan fingerprint density at radius 2 is 1.73 bits per heavy atom. The van der Waals surface area contributed by atoms with E-state index in [0.29, 0.717) is 34.9 Å². The van der Waals surface area contributed by atoms with Crippen LogP contribution in [0, 0.1) is 6.92 Å². The van der Waals surface area contributed by atoms with Crippen LogP contribution in [-0.4, -0.2) is 29.9 Å². The van der Waals surface area contributed by atoms with Crippen LogP contribution in [0.25, 0.3) is 0 Å². The number of carbonyl (C=O) groups excluding carboxylic acids is 1. The van der Waals surface area contributed by atoms with Crippen LogP contribution in [0.5, 0.6) is 11.5 Å². The summed E-state index contributed by atoms with van der Waals surface area (Å²) in [6, 6.07) is 18.6. The van der Waals surface area contributed by atoms with Gasteiger partial charge in [0.05, 0.1) is 23.4 Å². The Labute approximate surface area is 174 Å². The van der Waals surface area contributed by atoms with Crippen LogP contribution in [0.2, 0.25) is 0 Å². The Bertz CT molecular complexity index is 1090. The molecule has 3 aromatic rings. The fourth-order valence-electron chi connectivity index (χ4n) is 2.72. The van der Waals surface area contributed by atoms with E-state index in [1.807, 2.05) is 26.0 Å². The van der Waals surface area contributed by atoms with Crippen LogP contribution in [-0.2, 0) is 0 Å². The van der Waals surface area contributed by atoms with Gasteiger partial charge in [0, 0.05) is 6.21 Å². The molecule has 0 aliphatic rings. The van der Waals surface area contributed by atoms with Gasteiger partial charge in [-0.2, -0.15) is 0 Å². The second-order valence-electron chi connectivity index (χ2n) is 6.48. The third-order valence-electron chi connectivity index (χ3n) is 4.24. The molecular formula is C24H21NO5. The number of carbonyl (C=O) groups is 2. The first kappa shape index (κ1) is 20.8. The zero-order chi connectivity index (χ0) is 21.5. The van der Waals surface area contributed by atoms with Crippen molar-refractivity contribution in [1.82, 2.24) is 0 Å². The van der Waals surface area contributed by atoms with E-state index >= 15 is 0 Å². The quantitative estimate of drug-likeness (QED) is 0.338. The van der Waals surface area contributed by atoms with Gasteiger partial charge in [-0.25, -0.2) is 9.59 Å². The summed E-state index contributed by atoms with van der Waals surface area (Å²) in [5.41, 5.74) is 2.63. The molecule has 0 spiro atoms. The molecule has 1 N–H and O–H groups in total. The van der Waals surface area contributed by atoms with Gasteiger partial charge in [0.25, 0.3) is 0 Å². The maximum absolute atomic E-state index is 12.4. The summed E-state index contributed by atoms with van der Waals surface area (Å²) in [5.74, 6) is -0.831. The number of rotatable bonds is 7. The highest BCUT2D eigenvalue weighted by atomic mass is 16.6. The Morgan fingerprint density at radius 1 is 1.00 bits per heavy atom. The van der Waals surface area contributed by atoms with Crippen molar-refractivity contribution in [3.8, 4) is 11.5 Å². The van der Waals surface area contributed by atoms with Crippen molar-refractivity contribution in [2.24, 2.45) is 4.99 Å². The standard InChI is InChI=1S/C24H21NO5/c1-3-29-22-14-17(15-25-20-7-5-4-6-19(20)23(26)27)10-13-21(22)30-24(28)18-11-8-16(2)9-12-18/h4-15H,3H2,1-2H3,(H,26,27). The number of para-hydroxylation sites is 1. The first-order valence-corrected chi connectivity index (χ1v) is 9.40. The molecule has 6 heteroatoms. The molecular weight excluding hydrogens is 382 g/mol. The largest absolute Gasteiger partial charge is 0.490 e. The van der Waals surface area contributed by atoms with E-state index in [-0.39, 0.29) is 5.56 Å². The van der Waals surface area contributed by atoms with Gasteiger partial charge in [0.1, 0.15) is 0 Å². The number of hydrogen-bond acceptors (Lipinski definition) is 5. The third-order valence-corrected chi connectivity index (χ3v) is 4.24. The molecule has 3 rings (SSSR count). The molecule has 0 saturated heterocycles. The lowest BCUT2D eigenvalue weighted by molar-refractivity contribution is 0.0695. The smallest absolute Gasteiger partial charge is 0.343 e. The van der Waals surface area contributed by atoms with Crippen molar-refractivity contribution in [2.75, 3.05) is 6.61 Å². The van der Waals surface area contributed by atoms with Crippen LogP contribution in [0.1, 0.15) is 38.8 Å². The fraction of sp³-hybridized carbons (Fsp3) is 0.125. The van der Waals surface area contributed by atoms with Gasteiger partial charge in [-0.05, 0) is 61.9 Å². The molecule has 0 bridgehead atoms. The summed E-state index contributed by atoms with van der Waals surface area (Å²) < 4.78 is 11.1. The Balaban J connectivity index is 1.84. The van der Waals surface area contributed by atoms with Gasteiger partial charge in [0.15, 0.2) is 11.5 Å². The Kier molecular flexibility index (Phi) is 6.60. The molecule has 6 nitrogen and oxygen atoms in total. The lowest BCUT2D eigenvalue weighted by atomic mass is 10.1.